The zero-order chi connectivity index (χ0) is 17.3. The van der Waals surface area contributed by atoms with E-state index in [0.29, 0.717) is 0 Å². The first-order valence-electron chi connectivity index (χ1n) is 7.92. The first-order valence-corrected chi connectivity index (χ1v) is 9.81. The van der Waals surface area contributed by atoms with Crippen LogP contribution in [0.15, 0.2) is 41.8 Å². The molecule has 0 aliphatic heterocycles. The van der Waals surface area contributed by atoms with Crippen molar-refractivity contribution in [1.29, 1.82) is 0 Å². The Balaban J connectivity index is 1.81. The highest BCUT2D eigenvalue weighted by molar-refractivity contribution is 7.90. The number of likely N-dealkylation sites (N-methyl/N-ethyl adjacent to an activating group) is 1. The van der Waals surface area contributed by atoms with Gasteiger partial charge in [-0.2, -0.15) is 0 Å². The van der Waals surface area contributed by atoms with E-state index in [2.05, 4.69) is 17.1 Å². The average molecular weight is 347 g/mol. The molecule has 1 heterocycles. The lowest BCUT2D eigenvalue weighted by Gasteiger charge is -2.33. The standard InChI is InChI=1S/C17H21N3O3S/c1-19(15-9-5-7-13-6-3-4-8-14(13)15)16(21)12-20-11-10-18-17(20)24(2,22)23/h3-4,6,8,10-11,15H,5,7,9,12H2,1-2H3. The fourth-order valence-electron chi connectivity index (χ4n) is 3.31. The Morgan fingerprint density at radius 1 is 1.38 bits per heavy atom. The molecule has 0 saturated heterocycles. The Kier molecular flexibility index (Phi) is 4.45. The molecule has 1 amide bonds. The van der Waals surface area contributed by atoms with Gasteiger partial charge in [-0.25, -0.2) is 13.4 Å². The number of hydrogen-bond acceptors (Lipinski definition) is 4. The minimum absolute atomic E-state index is 0.0302. The van der Waals surface area contributed by atoms with Gasteiger partial charge in [0.2, 0.25) is 20.9 Å². The third-order valence-electron chi connectivity index (χ3n) is 4.51. The van der Waals surface area contributed by atoms with Gasteiger partial charge in [-0.3, -0.25) is 4.79 Å². The van der Waals surface area contributed by atoms with Crippen molar-refractivity contribution in [3.8, 4) is 0 Å². The fraction of sp³-hybridized carbons (Fsp3) is 0.412. The Bertz CT molecular complexity index is 857. The Morgan fingerprint density at radius 3 is 2.88 bits per heavy atom. The van der Waals surface area contributed by atoms with Crippen molar-refractivity contribution in [1.82, 2.24) is 14.5 Å². The lowest BCUT2D eigenvalue weighted by Crippen LogP contribution is -2.35. The lowest BCUT2D eigenvalue weighted by atomic mass is 9.87. The number of amides is 1. The number of carbonyl (C=O) groups excluding carboxylic acids is 1. The summed E-state index contributed by atoms with van der Waals surface area (Å²) in [4.78, 5) is 18.3. The van der Waals surface area contributed by atoms with Gasteiger partial charge in [-0.15, -0.1) is 0 Å². The molecule has 7 heteroatoms. The van der Waals surface area contributed by atoms with Crippen LogP contribution in [-0.4, -0.2) is 42.1 Å². The van der Waals surface area contributed by atoms with E-state index in [1.54, 1.807) is 11.9 Å². The largest absolute Gasteiger partial charge is 0.337 e. The number of rotatable bonds is 4. The van der Waals surface area contributed by atoms with Crippen molar-refractivity contribution in [3.05, 3.63) is 47.8 Å². The second-order valence-corrected chi connectivity index (χ2v) is 8.13. The van der Waals surface area contributed by atoms with Gasteiger partial charge in [0.25, 0.3) is 0 Å². The number of carbonyl (C=O) groups is 1. The summed E-state index contributed by atoms with van der Waals surface area (Å²) in [7, 11) is -1.67. The first-order chi connectivity index (χ1) is 11.4. The number of benzene rings is 1. The first kappa shape index (κ1) is 16.7. The Labute approximate surface area is 142 Å². The van der Waals surface area contributed by atoms with E-state index < -0.39 is 9.84 Å². The summed E-state index contributed by atoms with van der Waals surface area (Å²) in [5, 5.41) is -0.0757. The maximum absolute atomic E-state index is 12.7. The minimum Gasteiger partial charge on any atom is -0.337 e. The number of imidazole rings is 1. The van der Waals surface area contributed by atoms with Gasteiger partial charge in [-0.05, 0) is 30.4 Å². The monoisotopic (exact) mass is 347 g/mol. The van der Waals surface area contributed by atoms with Crippen molar-refractivity contribution in [3.63, 3.8) is 0 Å². The van der Waals surface area contributed by atoms with Gasteiger partial charge in [-0.1, -0.05) is 24.3 Å². The lowest BCUT2D eigenvalue weighted by molar-refractivity contribution is -0.133. The van der Waals surface area contributed by atoms with Gasteiger partial charge in [0.05, 0.1) is 6.04 Å². The SMILES string of the molecule is CN(C(=O)Cn1ccnc1S(C)(=O)=O)C1CCCc2ccccc21. The molecule has 0 radical (unpaired) electrons. The summed E-state index contributed by atoms with van der Waals surface area (Å²) < 4.78 is 24.8. The maximum atomic E-state index is 12.7. The van der Waals surface area contributed by atoms with Crippen LogP contribution in [0.5, 0.6) is 0 Å². The van der Waals surface area contributed by atoms with Crippen LogP contribution < -0.4 is 0 Å². The molecular weight excluding hydrogens is 326 g/mol. The highest BCUT2D eigenvalue weighted by Crippen LogP contribution is 2.33. The number of nitrogens with zero attached hydrogens (tertiary/aromatic N) is 3. The van der Waals surface area contributed by atoms with Crippen molar-refractivity contribution in [2.75, 3.05) is 13.3 Å². The molecular formula is C17H21N3O3S. The van der Waals surface area contributed by atoms with Gasteiger partial charge in [0, 0.05) is 25.7 Å². The molecule has 0 bridgehead atoms. The summed E-state index contributed by atoms with van der Waals surface area (Å²) in [6.45, 7) is -0.0302. The molecule has 2 aromatic rings. The zero-order valence-corrected chi connectivity index (χ0v) is 14.7. The molecule has 0 saturated carbocycles. The quantitative estimate of drug-likeness (QED) is 0.846. The second-order valence-electron chi connectivity index (χ2n) is 6.22. The van der Waals surface area contributed by atoms with Gasteiger partial charge in [0.15, 0.2) is 0 Å². The van der Waals surface area contributed by atoms with Crippen molar-refractivity contribution in [2.24, 2.45) is 0 Å². The molecule has 1 aromatic carbocycles. The van der Waals surface area contributed by atoms with Gasteiger partial charge >= 0.3 is 0 Å². The van der Waals surface area contributed by atoms with E-state index in [0.717, 1.165) is 25.5 Å². The molecule has 0 fully saturated rings. The highest BCUT2D eigenvalue weighted by atomic mass is 32.2. The zero-order valence-electron chi connectivity index (χ0n) is 13.8. The van der Waals surface area contributed by atoms with Crippen molar-refractivity contribution >= 4 is 15.7 Å². The number of aryl methyl sites for hydroxylation is 1. The summed E-state index contributed by atoms with van der Waals surface area (Å²) in [6, 6.07) is 8.23. The average Bonchev–Trinajstić information content (AvgIpc) is 3.02. The Morgan fingerprint density at radius 2 is 2.12 bits per heavy atom. The predicted octanol–water partition coefficient (Wildman–Crippen LogP) is 1.82. The number of fused-ring (bicyclic) bond motifs is 1. The van der Waals surface area contributed by atoms with E-state index in [1.807, 2.05) is 12.1 Å². The predicted molar refractivity (Wildman–Crippen MR) is 90.2 cm³/mol. The highest BCUT2D eigenvalue weighted by Gasteiger charge is 2.27. The van der Waals surface area contributed by atoms with Crippen molar-refractivity contribution in [2.45, 2.75) is 37.0 Å². The van der Waals surface area contributed by atoms with E-state index in [-0.39, 0.29) is 23.7 Å². The molecule has 1 aliphatic carbocycles. The molecule has 1 aromatic heterocycles. The van der Waals surface area contributed by atoms with Crippen LogP contribution in [0.25, 0.3) is 0 Å². The van der Waals surface area contributed by atoms with Crippen LogP contribution in [0.3, 0.4) is 0 Å². The third-order valence-corrected chi connectivity index (χ3v) is 5.52. The van der Waals surface area contributed by atoms with Crippen LogP contribution in [0.4, 0.5) is 0 Å². The molecule has 0 spiro atoms. The molecule has 1 unspecified atom stereocenters. The maximum Gasteiger partial charge on any atom is 0.242 e. The van der Waals surface area contributed by atoms with E-state index in [4.69, 9.17) is 0 Å². The van der Waals surface area contributed by atoms with Gasteiger partial charge < -0.3 is 9.47 Å². The molecule has 6 nitrogen and oxygen atoms in total. The molecule has 3 rings (SSSR count). The summed E-state index contributed by atoms with van der Waals surface area (Å²) in [6.07, 6.45) is 7.02. The third kappa shape index (κ3) is 3.21. The summed E-state index contributed by atoms with van der Waals surface area (Å²) >= 11 is 0. The number of sulfone groups is 1. The molecule has 24 heavy (non-hydrogen) atoms. The topological polar surface area (TPSA) is 72.3 Å². The number of hydrogen-bond donors (Lipinski definition) is 0. The molecule has 1 aliphatic rings. The van der Waals surface area contributed by atoms with Crippen LogP contribution in [-0.2, 0) is 27.6 Å². The van der Waals surface area contributed by atoms with E-state index in [9.17, 15) is 13.2 Å². The van der Waals surface area contributed by atoms with Crippen LogP contribution in [0.2, 0.25) is 0 Å². The van der Waals surface area contributed by atoms with Crippen molar-refractivity contribution < 1.29 is 13.2 Å². The summed E-state index contributed by atoms with van der Waals surface area (Å²) in [5.41, 5.74) is 2.47. The normalized spacial score (nSPS) is 17.3. The molecule has 0 N–H and O–H groups in total. The van der Waals surface area contributed by atoms with Crippen LogP contribution >= 0.6 is 0 Å². The van der Waals surface area contributed by atoms with Crippen LogP contribution in [0, 0.1) is 0 Å². The Hall–Kier alpha value is -2.15. The minimum atomic E-state index is -3.45. The number of aromatic nitrogens is 2. The van der Waals surface area contributed by atoms with E-state index in [1.165, 1.54) is 28.1 Å². The molecule has 1 atom stereocenters. The van der Waals surface area contributed by atoms with E-state index >= 15 is 0 Å². The summed E-state index contributed by atoms with van der Waals surface area (Å²) in [5.74, 6) is -0.125. The molecule has 128 valence electrons. The smallest absolute Gasteiger partial charge is 0.242 e. The fourth-order valence-corrected chi connectivity index (χ4v) is 4.11. The second kappa shape index (κ2) is 6.39. The van der Waals surface area contributed by atoms with Crippen LogP contribution in [0.1, 0.15) is 30.0 Å². The van der Waals surface area contributed by atoms with Gasteiger partial charge in [0.1, 0.15) is 6.54 Å².